The van der Waals surface area contributed by atoms with E-state index in [1.54, 1.807) is 24.3 Å². The van der Waals surface area contributed by atoms with Crippen molar-refractivity contribution in [1.82, 2.24) is 4.31 Å². The van der Waals surface area contributed by atoms with E-state index in [1.165, 1.54) is 22.5 Å². The van der Waals surface area contributed by atoms with Crippen molar-refractivity contribution in [2.45, 2.75) is 31.1 Å². The van der Waals surface area contributed by atoms with Gasteiger partial charge in [0, 0.05) is 18.8 Å². The Morgan fingerprint density at radius 2 is 1.86 bits per heavy atom. The Kier molecular flexibility index (Phi) is 6.58. The van der Waals surface area contributed by atoms with Gasteiger partial charge in [-0.15, -0.1) is 0 Å². The molecule has 0 unspecified atom stereocenters. The van der Waals surface area contributed by atoms with Gasteiger partial charge in [-0.05, 0) is 54.7 Å². The van der Waals surface area contributed by atoms with Crippen LogP contribution in [0.3, 0.4) is 0 Å². The molecule has 0 aliphatic carbocycles. The Morgan fingerprint density at radius 3 is 2.48 bits per heavy atom. The Balaban J connectivity index is 1.81. The van der Waals surface area contributed by atoms with Gasteiger partial charge in [0.2, 0.25) is 10.0 Å². The quantitative estimate of drug-likeness (QED) is 0.772. The lowest BCUT2D eigenvalue weighted by atomic mass is 10.0. The van der Waals surface area contributed by atoms with Gasteiger partial charge in [-0.2, -0.15) is 9.57 Å². The minimum atomic E-state index is -3.68. The fraction of sp³-hybridized carbons (Fsp3) is 0.333. The molecule has 0 spiro atoms. The van der Waals surface area contributed by atoms with Crippen LogP contribution in [0.25, 0.3) is 0 Å². The summed E-state index contributed by atoms with van der Waals surface area (Å²) in [7, 11) is -3.68. The van der Waals surface area contributed by atoms with Gasteiger partial charge in [-0.1, -0.05) is 30.7 Å². The van der Waals surface area contributed by atoms with Crippen LogP contribution < -0.4 is 5.32 Å². The summed E-state index contributed by atoms with van der Waals surface area (Å²) in [5.41, 5.74) is 1.47. The number of hydrogen-bond acceptors (Lipinski definition) is 4. The molecule has 2 aromatic carbocycles. The number of carbonyl (C=O) groups excluding carboxylic acids is 1. The maximum absolute atomic E-state index is 13.0. The number of sulfonamides is 1. The molecule has 152 valence electrons. The van der Waals surface area contributed by atoms with Crippen molar-refractivity contribution in [3.05, 3.63) is 58.6 Å². The van der Waals surface area contributed by atoms with Crippen molar-refractivity contribution in [3.63, 3.8) is 0 Å². The van der Waals surface area contributed by atoms with Gasteiger partial charge in [-0.3, -0.25) is 4.79 Å². The number of halogens is 1. The van der Waals surface area contributed by atoms with Crippen molar-refractivity contribution in [1.29, 1.82) is 5.26 Å². The van der Waals surface area contributed by atoms with E-state index >= 15 is 0 Å². The molecule has 0 saturated carbocycles. The van der Waals surface area contributed by atoms with Gasteiger partial charge in [0.1, 0.15) is 0 Å². The van der Waals surface area contributed by atoms with E-state index in [9.17, 15) is 13.2 Å². The lowest BCUT2D eigenvalue weighted by molar-refractivity contribution is 0.102. The predicted molar refractivity (Wildman–Crippen MR) is 112 cm³/mol. The molecule has 2 aromatic rings. The van der Waals surface area contributed by atoms with Gasteiger partial charge >= 0.3 is 0 Å². The first kappa shape index (κ1) is 21.3. The van der Waals surface area contributed by atoms with E-state index in [0.717, 1.165) is 18.4 Å². The summed E-state index contributed by atoms with van der Waals surface area (Å²) in [6.07, 6.45) is 1.93. The first-order valence-electron chi connectivity index (χ1n) is 9.38. The third kappa shape index (κ3) is 4.96. The Hall–Kier alpha value is -2.40. The molecule has 1 amide bonds. The van der Waals surface area contributed by atoms with Gasteiger partial charge in [0.05, 0.1) is 28.0 Å². The van der Waals surface area contributed by atoms with Gasteiger partial charge in [0.15, 0.2) is 0 Å². The van der Waals surface area contributed by atoms with E-state index in [2.05, 4.69) is 18.3 Å². The molecule has 1 aliphatic heterocycles. The zero-order chi connectivity index (χ0) is 21.0. The largest absolute Gasteiger partial charge is 0.322 e. The third-order valence-electron chi connectivity index (χ3n) is 5.06. The average molecular weight is 432 g/mol. The van der Waals surface area contributed by atoms with Crippen LogP contribution in [0.2, 0.25) is 5.02 Å². The van der Waals surface area contributed by atoms with Crippen molar-refractivity contribution in [2.24, 2.45) is 5.92 Å². The second kappa shape index (κ2) is 8.95. The SMILES string of the molecule is CC1CCN(S(=O)(=O)c2ccc(Cl)c(C(=O)Nc3ccc(CC#N)cc3)c2)CC1. The number of nitrogens with one attached hydrogen (secondary N) is 1. The molecule has 8 heteroatoms. The van der Waals surface area contributed by atoms with Crippen molar-refractivity contribution in [3.8, 4) is 6.07 Å². The Bertz CT molecular complexity index is 1040. The fourth-order valence-corrected chi connectivity index (χ4v) is 4.91. The molecule has 0 atom stereocenters. The highest BCUT2D eigenvalue weighted by Gasteiger charge is 2.29. The van der Waals surface area contributed by atoms with Gasteiger partial charge in [0.25, 0.3) is 5.91 Å². The van der Waals surface area contributed by atoms with Gasteiger partial charge in [-0.25, -0.2) is 8.42 Å². The van der Waals surface area contributed by atoms with Crippen molar-refractivity contribution < 1.29 is 13.2 Å². The maximum Gasteiger partial charge on any atom is 0.257 e. The number of carbonyl (C=O) groups is 1. The maximum atomic E-state index is 13.0. The number of rotatable bonds is 5. The van der Waals surface area contributed by atoms with E-state index < -0.39 is 15.9 Å². The zero-order valence-electron chi connectivity index (χ0n) is 16.1. The first-order valence-corrected chi connectivity index (χ1v) is 11.2. The van der Waals surface area contributed by atoms with Crippen LogP contribution >= 0.6 is 11.6 Å². The van der Waals surface area contributed by atoms with Crippen LogP contribution in [-0.2, 0) is 16.4 Å². The number of nitrogens with zero attached hydrogens (tertiary/aromatic N) is 2. The molecule has 3 rings (SSSR count). The highest BCUT2D eigenvalue weighted by molar-refractivity contribution is 7.89. The summed E-state index contributed by atoms with van der Waals surface area (Å²) < 4.78 is 27.4. The van der Waals surface area contributed by atoms with Crippen LogP contribution in [0.5, 0.6) is 0 Å². The van der Waals surface area contributed by atoms with Crippen LogP contribution in [0.1, 0.15) is 35.7 Å². The number of anilines is 1. The molecule has 1 N–H and O–H groups in total. The van der Waals surface area contributed by atoms with Crippen LogP contribution in [0.4, 0.5) is 5.69 Å². The smallest absolute Gasteiger partial charge is 0.257 e. The van der Waals surface area contributed by atoms with E-state index in [4.69, 9.17) is 16.9 Å². The average Bonchev–Trinajstić information content (AvgIpc) is 2.70. The van der Waals surface area contributed by atoms with Gasteiger partial charge < -0.3 is 5.32 Å². The van der Waals surface area contributed by atoms with Crippen molar-refractivity contribution >= 4 is 33.2 Å². The molecule has 1 fully saturated rings. The number of hydrogen-bond donors (Lipinski definition) is 1. The highest BCUT2D eigenvalue weighted by Crippen LogP contribution is 2.27. The summed E-state index contributed by atoms with van der Waals surface area (Å²) in [4.78, 5) is 12.7. The van der Waals surface area contributed by atoms with Crippen LogP contribution in [0, 0.1) is 17.2 Å². The molecule has 0 aromatic heterocycles. The molecule has 29 heavy (non-hydrogen) atoms. The first-order chi connectivity index (χ1) is 13.8. The molecule has 1 heterocycles. The summed E-state index contributed by atoms with van der Waals surface area (Å²) >= 11 is 6.17. The van der Waals surface area contributed by atoms with E-state index in [0.29, 0.717) is 24.7 Å². The molecule has 1 saturated heterocycles. The molecule has 0 bridgehead atoms. The second-order valence-electron chi connectivity index (χ2n) is 7.21. The predicted octanol–water partition coefficient (Wildman–Crippen LogP) is 4.08. The number of nitriles is 1. The monoisotopic (exact) mass is 431 g/mol. The molecular formula is C21H22ClN3O3S. The molecule has 6 nitrogen and oxygen atoms in total. The van der Waals surface area contributed by atoms with Crippen molar-refractivity contribution in [2.75, 3.05) is 18.4 Å². The molecular weight excluding hydrogens is 410 g/mol. The second-order valence-corrected chi connectivity index (χ2v) is 9.56. The standard InChI is InChI=1S/C21H22ClN3O3S/c1-15-9-12-25(13-10-15)29(27,28)18-6-7-20(22)19(14-18)21(26)24-17-4-2-16(3-5-17)8-11-23/h2-7,14-15H,8-10,12-13H2,1H3,(H,24,26). The summed E-state index contributed by atoms with van der Waals surface area (Å²) in [6, 6.07) is 13.1. The van der Waals surface area contributed by atoms with E-state index in [1.807, 2.05) is 0 Å². The number of amides is 1. The lowest BCUT2D eigenvalue weighted by Gasteiger charge is -2.29. The fourth-order valence-electron chi connectivity index (χ4n) is 3.21. The van der Waals surface area contributed by atoms with Crippen LogP contribution in [0.15, 0.2) is 47.4 Å². The summed E-state index contributed by atoms with van der Waals surface area (Å²) in [5.74, 6) is 0.0138. The zero-order valence-corrected chi connectivity index (χ0v) is 17.6. The topological polar surface area (TPSA) is 90.3 Å². The molecule has 0 radical (unpaired) electrons. The minimum Gasteiger partial charge on any atom is -0.322 e. The Morgan fingerprint density at radius 1 is 1.21 bits per heavy atom. The number of benzene rings is 2. The normalized spacial score (nSPS) is 15.6. The van der Waals surface area contributed by atoms with E-state index in [-0.39, 0.29) is 21.9 Å². The third-order valence-corrected chi connectivity index (χ3v) is 7.28. The summed E-state index contributed by atoms with van der Waals surface area (Å²) in [6.45, 7) is 3.06. The van der Waals surface area contributed by atoms with Crippen LogP contribution in [-0.4, -0.2) is 31.7 Å². The minimum absolute atomic E-state index is 0.0611. The number of piperidine rings is 1. The highest BCUT2D eigenvalue weighted by atomic mass is 35.5. The lowest BCUT2D eigenvalue weighted by Crippen LogP contribution is -2.37. The summed E-state index contributed by atoms with van der Waals surface area (Å²) in [5, 5.41) is 11.6. The Labute approximate surface area is 176 Å². The molecule has 1 aliphatic rings.